The SMILES string of the molecule is C1=CN(c2ccnc3c4c(ccc23)-c2ccccc2SN4)NC1. The maximum atomic E-state index is 4.65. The molecule has 0 amide bonds. The van der Waals surface area contributed by atoms with Gasteiger partial charge in [0, 0.05) is 34.8 Å². The van der Waals surface area contributed by atoms with Crippen LogP contribution < -0.4 is 15.2 Å². The van der Waals surface area contributed by atoms with E-state index in [-0.39, 0.29) is 0 Å². The van der Waals surface area contributed by atoms with Crippen LogP contribution in [0, 0.1) is 0 Å². The molecule has 0 radical (unpaired) electrons. The zero-order valence-electron chi connectivity index (χ0n) is 12.3. The molecule has 4 nitrogen and oxygen atoms in total. The van der Waals surface area contributed by atoms with Crippen LogP contribution in [-0.4, -0.2) is 11.5 Å². The van der Waals surface area contributed by atoms with Gasteiger partial charge in [-0.2, -0.15) is 0 Å². The predicted molar refractivity (Wildman–Crippen MR) is 96.3 cm³/mol. The van der Waals surface area contributed by atoms with E-state index < -0.39 is 0 Å². The van der Waals surface area contributed by atoms with E-state index >= 15 is 0 Å². The molecule has 1 aromatic heterocycles. The number of hydrogen-bond donors (Lipinski definition) is 2. The Kier molecular flexibility index (Phi) is 2.83. The smallest absolute Gasteiger partial charge is 0.0969 e. The predicted octanol–water partition coefficient (Wildman–Crippen LogP) is 4.17. The molecule has 0 spiro atoms. The Balaban J connectivity index is 1.76. The van der Waals surface area contributed by atoms with Crippen molar-refractivity contribution < 1.29 is 0 Å². The molecule has 0 bridgehead atoms. The second-order valence-corrected chi connectivity index (χ2v) is 6.38. The minimum Gasteiger partial charge on any atom is -0.323 e. The van der Waals surface area contributed by atoms with E-state index in [0.29, 0.717) is 0 Å². The molecular formula is C18H14N4S. The van der Waals surface area contributed by atoms with Gasteiger partial charge in [0.2, 0.25) is 0 Å². The van der Waals surface area contributed by atoms with E-state index in [2.05, 4.69) is 68.8 Å². The van der Waals surface area contributed by atoms with Crippen molar-refractivity contribution >= 4 is 34.2 Å². The molecule has 3 aromatic rings. The van der Waals surface area contributed by atoms with Gasteiger partial charge in [-0.15, -0.1) is 0 Å². The van der Waals surface area contributed by atoms with Gasteiger partial charge in [-0.05, 0) is 35.7 Å². The van der Waals surface area contributed by atoms with Gasteiger partial charge in [-0.1, -0.05) is 30.3 Å². The molecule has 0 atom stereocenters. The van der Waals surface area contributed by atoms with E-state index in [9.17, 15) is 0 Å². The second kappa shape index (κ2) is 5.01. The first-order chi connectivity index (χ1) is 11.4. The summed E-state index contributed by atoms with van der Waals surface area (Å²) in [5.74, 6) is 0. The van der Waals surface area contributed by atoms with Crippen LogP contribution in [0.5, 0.6) is 0 Å². The molecule has 5 rings (SSSR count). The number of rotatable bonds is 1. The molecule has 0 aliphatic carbocycles. The Labute approximate surface area is 138 Å². The van der Waals surface area contributed by atoms with Crippen LogP contribution in [0.4, 0.5) is 11.4 Å². The van der Waals surface area contributed by atoms with Crippen molar-refractivity contribution in [2.24, 2.45) is 0 Å². The van der Waals surface area contributed by atoms with Crippen LogP contribution in [-0.2, 0) is 0 Å². The van der Waals surface area contributed by atoms with Crippen molar-refractivity contribution in [1.82, 2.24) is 10.4 Å². The number of nitrogens with one attached hydrogen (secondary N) is 2. The monoisotopic (exact) mass is 318 g/mol. The Morgan fingerprint density at radius 1 is 1.04 bits per heavy atom. The number of fused-ring (bicyclic) bond motifs is 5. The number of hydrogen-bond acceptors (Lipinski definition) is 5. The van der Waals surface area contributed by atoms with Crippen molar-refractivity contribution in [3.8, 4) is 11.1 Å². The number of pyridine rings is 1. The largest absolute Gasteiger partial charge is 0.323 e. The highest BCUT2D eigenvalue weighted by Crippen LogP contribution is 2.45. The molecule has 2 N–H and O–H groups in total. The molecule has 2 aliphatic rings. The first kappa shape index (κ1) is 13.0. The number of benzene rings is 2. The third-order valence-corrected chi connectivity index (χ3v) is 5.11. The maximum absolute atomic E-state index is 4.65. The fraction of sp³-hybridized carbons (Fsp3) is 0.0556. The summed E-state index contributed by atoms with van der Waals surface area (Å²) in [5.41, 5.74) is 9.02. The summed E-state index contributed by atoms with van der Waals surface area (Å²) in [6.07, 6.45) is 6.04. The molecule has 0 unspecified atom stereocenters. The topological polar surface area (TPSA) is 40.2 Å². The lowest BCUT2D eigenvalue weighted by atomic mass is 10.0. The van der Waals surface area contributed by atoms with Crippen LogP contribution in [0.15, 0.2) is 65.8 Å². The molecule has 23 heavy (non-hydrogen) atoms. The van der Waals surface area contributed by atoms with Gasteiger partial charge in [0.15, 0.2) is 0 Å². The molecule has 2 aromatic carbocycles. The average Bonchev–Trinajstić information content (AvgIpc) is 3.15. The van der Waals surface area contributed by atoms with Crippen LogP contribution in [0.25, 0.3) is 22.0 Å². The lowest BCUT2D eigenvalue weighted by molar-refractivity contribution is 0.817. The van der Waals surface area contributed by atoms with Crippen molar-refractivity contribution in [3.63, 3.8) is 0 Å². The summed E-state index contributed by atoms with van der Waals surface area (Å²) < 4.78 is 3.48. The maximum Gasteiger partial charge on any atom is 0.0969 e. The van der Waals surface area contributed by atoms with Crippen molar-refractivity contribution in [2.75, 3.05) is 16.3 Å². The van der Waals surface area contributed by atoms with E-state index in [1.165, 1.54) is 16.0 Å². The number of hydrazine groups is 1. The summed E-state index contributed by atoms with van der Waals surface area (Å²) in [4.78, 5) is 5.89. The normalized spacial score (nSPS) is 15.4. The van der Waals surface area contributed by atoms with Crippen molar-refractivity contribution in [3.05, 3.63) is 60.9 Å². The highest BCUT2D eigenvalue weighted by atomic mass is 32.2. The minimum atomic E-state index is 0.857. The lowest BCUT2D eigenvalue weighted by Gasteiger charge is -2.23. The second-order valence-electron chi connectivity index (χ2n) is 5.53. The average molecular weight is 318 g/mol. The Hall–Kier alpha value is -2.50. The van der Waals surface area contributed by atoms with Crippen molar-refractivity contribution in [2.45, 2.75) is 4.90 Å². The van der Waals surface area contributed by atoms with Gasteiger partial charge >= 0.3 is 0 Å². The third-order valence-electron chi connectivity index (χ3n) is 4.22. The van der Waals surface area contributed by atoms with Gasteiger partial charge in [0.05, 0.1) is 16.9 Å². The van der Waals surface area contributed by atoms with Gasteiger partial charge in [-0.25, -0.2) is 5.43 Å². The van der Waals surface area contributed by atoms with Gasteiger partial charge < -0.3 is 4.72 Å². The number of anilines is 2. The zero-order chi connectivity index (χ0) is 15.2. The van der Waals surface area contributed by atoms with E-state index in [1.54, 1.807) is 11.9 Å². The van der Waals surface area contributed by atoms with Crippen molar-refractivity contribution in [1.29, 1.82) is 0 Å². The molecule has 0 saturated heterocycles. The standard InChI is InChI=1S/C18H14N4S/c1-2-5-16-12(4-1)13-6-7-14-15(22-11-3-9-20-22)8-10-19-17(14)18(13)21-23-16/h1-8,10-11,20-21H,9H2. The first-order valence-electron chi connectivity index (χ1n) is 7.55. The summed E-state index contributed by atoms with van der Waals surface area (Å²) in [7, 11) is 0. The molecular weight excluding hydrogens is 304 g/mol. The lowest BCUT2D eigenvalue weighted by Crippen LogP contribution is -2.28. The first-order valence-corrected chi connectivity index (χ1v) is 8.37. The molecule has 112 valence electrons. The summed E-state index contributed by atoms with van der Waals surface area (Å²) >= 11 is 1.65. The van der Waals surface area contributed by atoms with Gasteiger partial charge in [-0.3, -0.25) is 9.99 Å². The molecule has 0 fully saturated rings. The summed E-state index contributed by atoms with van der Waals surface area (Å²) in [6.45, 7) is 0.857. The van der Waals surface area contributed by atoms with Gasteiger partial charge in [0.1, 0.15) is 0 Å². The number of nitrogens with zero attached hydrogens (tertiary/aromatic N) is 2. The van der Waals surface area contributed by atoms with E-state index in [1.807, 2.05) is 12.3 Å². The third kappa shape index (κ3) is 1.94. The minimum absolute atomic E-state index is 0.857. The quantitative estimate of drug-likeness (QED) is 0.659. The Morgan fingerprint density at radius 2 is 2.00 bits per heavy atom. The van der Waals surface area contributed by atoms with Crippen LogP contribution in [0.2, 0.25) is 0 Å². The molecule has 5 heteroatoms. The van der Waals surface area contributed by atoms with Crippen LogP contribution in [0.3, 0.4) is 0 Å². The zero-order valence-corrected chi connectivity index (χ0v) is 13.1. The summed E-state index contributed by atoms with van der Waals surface area (Å²) in [6, 6.07) is 14.9. The Morgan fingerprint density at radius 3 is 2.91 bits per heavy atom. The molecule has 3 heterocycles. The van der Waals surface area contributed by atoms with Crippen LogP contribution >= 0.6 is 11.9 Å². The number of aromatic nitrogens is 1. The highest BCUT2D eigenvalue weighted by molar-refractivity contribution is 8.00. The molecule has 2 aliphatic heterocycles. The highest BCUT2D eigenvalue weighted by Gasteiger charge is 2.20. The summed E-state index contributed by atoms with van der Waals surface area (Å²) in [5, 5.41) is 3.19. The van der Waals surface area contributed by atoms with Crippen LogP contribution in [0.1, 0.15) is 0 Å². The fourth-order valence-electron chi connectivity index (χ4n) is 3.15. The molecule has 0 saturated carbocycles. The fourth-order valence-corrected chi connectivity index (χ4v) is 4.01. The van der Waals surface area contributed by atoms with E-state index in [0.717, 1.165) is 28.8 Å². The van der Waals surface area contributed by atoms with E-state index in [4.69, 9.17) is 0 Å². The van der Waals surface area contributed by atoms with Gasteiger partial charge in [0.25, 0.3) is 0 Å². The Bertz CT molecular complexity index is 951.